The molecule has 12 aromatic rings. The Morgan fingerprint density at radius 2 is 0.817 bits per heavy atom. The zero-order valence-corrected chi connectivity index (χ0v) is 35.1. The number of nitrogens with zero attached hydrogens (tertiary/aromatic N) is 2. The van der Waals surface area contributed by atoms with Gasteiger partial charge in [0.25, 0.3) is 0 Å². The summed E-state index contributed by atoms with van der Waals surface area (Å²) in [6.45, 7) is 9.64. The first kappa shape index (κ1) is 35.3. The van der Waals surface area contributed by atoms with E-state index in [-0.39, 0.29) is 10.8 Å². The molecule has 0 aliphatic heterocycles. The quantitative estimate of drug-likeness (QED) is 0.158. The van der Waals surface area contributed by atoms with Crippen LogP contribution in [0, 0.1) is 0 Å². The molecule has 0 spiro atoms. The molecule has 4 aromatic heterocycles. The molecule has 4 heterocycles. The molecule has 8 aromatic carbocycles. The second-order valence-corrected chi connectivity index (χ2v) is 19.1. The van der Waals surface area contributed by atoms with E-state index in [0.717, 1.165) is 35.1 Å². The minimum Gasteiger partial charge on any atom is -0.456 e. The van der Waals surface area contributed by atoms with Gasteiger partial charge >= 0.3 is 0 Å². The maximum atomic E-state index is 6.46. The van der Waals surface area contributed by atoms with E-state index < -0.39 is 0 Å². The number of benzene rings is 8. The monoisotopic (exact) mass is 792 g/mol. The van der Waals surface area contributed by atoms with Gasteiger partial charge in [0.05, 0.1) is 22.1 Å². The van der Waals surface area contributed by atoms with E-state index in [0.29, 0.717) is 0 Å². The molecule has 0 aliphatic rings. The molecule has 0 saturated heterocycles. The van der Waals surface area contributed by atoms with E-state index in [4.69, 9.17) is 4.42 Å². The zero-order chi connectivity index (χ0) is 40.3. The average molecular weight is 793 g/mol. The molecular weight excluding hydrogens is 749 g/mol. The summed E-state index contributed by atoms with van der Waals surface area (Å²) in [5.74, 6) is 0. The maximum absolute atomic E-state index is 6.46. The summed E-state index contributed by atoms with van der Waals surface area (Å²) in [5, 5.41) is 10.1. The van der Waals surface area contributed by atoms with Gasteiger partial charge in [0.2, 0.25) is 0 Å². The molecule has 0 atom stereocenters. The third-order valence-electron chi connectivity index (χ3n) is 13.5. The normalized spacial score (nSPS) is 12.8. The second kappa shape index (κ2) is 12.9. The zero-order valence-electron chi connectivity index (χ0n) is 34.3. The van der Waals surface area contributed by atoms with Crippen LogP contribution in [-0.4, -0.2) is 9.13 Å². The molecule has 0 N–H and O–H groups in total. The third-order valence-corrected chi connectivity index (χ3v) is 14.7. The lowest BCUT2D eigenvalue weighted by Crippen LogP contribution is -2.24. The van der Waals surface area contributed by atoms with Crippen molar-refractivity contribution in [3.05, 3.63) is 181 Å². The topological polar surface area (TPSA) is 23.0 Å². The smallest absolute Gasteiger partial charge is 0.135 e. The van der Waals surface area contributed by atoms with Gasteiger partial charge in [-0.15, -0.1) is 11.3 Å². The molecule has 290 valence electrons. The SMILES string of the molecule is CC(C)(CCC(C)(C)c1ccc2c(c1)c1ccccc1n2-c1ccc2sc3ccccc3c2c1)c1ccc2oc3ccc(-n4c5ccccc5c5ccccc54)cc3c2c1. The summed E-state index contributed by atoms with van der Waals surface area (Å²) in [7, 11) is 0. The Morgan fingerprint density at radius 1 is 0.383 bits per heavy atom. The van der Waals surface area contributed by atoms with Crippen LogP contribution in [0.2, 0.25) is 0 Å². The maximum Gasteiger partial charge on any atom is 0.135 e. The number of thiophene rings is 1. The van der Waals surface area contributed by atoms with Crippen LogP contribution < -0.4 is 0 Å². The number of aromatic nitrogens is 2. The van der Waals surface area contributed by atoms with Crippen LogP contribution in [0.25, 0.3) is 97.1 Å². The summed E-state index contributed by atoms with van der Waals surface area (Å²) in [6.07, 6.45) is 2.09. The molecule has 0 fully saturated rings. The van der Waals surface area contributed by atoms with Crippen LogP contribution in [0.4, 0.5) is 0 Å². The highest BCUT2D eigenvalue weighted by molar-refractivity contribution is 7.25. The fraction of sp³-hybridized carbons (Fsp3) is 0.143. The van der Waals surface area contributed by atoms with Gasteiger partial charge in [0, 0.05) is 63.9 Å². The number of para-hydroxylation sites is 3. The first-order chi connectivity index (χ1) is 29.2. The number of furan rings is 1. The van der Waals surface area contributed by atoms with Crippen molar-refractivity contribution in [2.75, 3.05) is 0 Å². The van der Waals surface area contributed by atoms with Crippen LogP contribution in [0.5, 0.6) is 0 Å². The number of hydrogen-bond acceptors (Lipinski definition) is 2. The molecule has 0 unspecified atom stereocenters. The van der Waals surface area contributed by atoms with Crippen molar-refractivity contribution in [3.8, 4) is 11.4 Å². The molecule has 0 radical (unpaired) electrons. The summed E-state index contributed by atoms with van der Waals surface area (Å²) in [5.41, 5.74) is 11.7. The van der Waals surface area contributed by atoms with Crippen LogP contribution in [0.15, 0.2) is 174 Å². The van der Waals surface area contributed by atoms with Crippen LogP contribution >= 0.6 is 11.3 Å². The predicted octanol–water partition coefficient (Wildman–Crippen LogP) is 16.2. The molecule has 0 amide bonds. The van der Waals surface area contributed by atoms with E-state index in [1.54, 1.807) is 0 Å². The highest BCUT2D eigenvalue weighted by Crippen LogP contribution is 2.43. The fourth-order valence-electron chi connectivity index (χ4n) is 9.97. The Morgan fingerprint density at radius 3 is 1.45 bits per heavy atom. The number of fused-ring (bicyclic) bond motifs is 12. The third kappa shape index (κ3) is 5.33. The largest absolute Gasteiger partial charge is 0.456 e. The fourth-order valence-corrected chi connectivity index (χ4v) is 11.1. The number of rotatable bonds is 7. The molecular formula is C56H44N2OS. The van der Waals surface area contributed by atoms with E-state index in [1.165, 1.54) is 86.0 Å². The molecule has 3 nitrogen and oxygen atoms in total. The average Bonchev–Trinajstić information content (AvgIpc) is 4.02. The Balaban J connectivity index is 0.876. The molecule has 60 heavy (non-hydrogen) atoms. The van der Waals surface area contributed by atoms with Crippen molar-refractivity contribution < 1.29 is 4.42 Å². The predicted molar refractivity (Wildman–Crippen MR) is 257 cm³/mol. The summed E-state index contributed by atoms with van der Waals surface area (Å²) >= 11 is 1.87. The van der Waals surface area contributed by atoms with Crippen molar-refractivity contribution in [3.63, 3.8) is 0 Å². The van der Waals surface area contributed by atoms with Crippen molar-refractivity contribution in [1.29, 1.82) is 0 Å². The van der Waals surface area contributed by atoms with Crippen molar-refractivity contribution in [1.82, 2.24) is 9.13 Å². The van der Waals surface area contributed by atoms with E-state index >= 15 is 0 Å². The molecule has 0 saturated carbocycles. The van der Waals surface area contributed by atoms with Crippen LogP contribution in [0.3, 0.4) is 0 Å². The minimum absolute atomic E-state index is 0.0349. The summed E-state index contributed by atoms with van der Waals surface area (Å²) in [4.78, 5) is 0. The lowest BCUT2D eigenvalue weighted by atomic mass is 9.72. The first-order valence-corrected chi connectivity index (χ1v) is 21.9. The highest BCUT2D eigenvalue weighted by atomic mass is 32.1. The van der Waals surface area contributed by atoms with Gasteiger partial charge in [-0.25, -0.2) is 0 Å². The van der Waals surface area contributed by atoms with Gasteiger partial charge in [-0.2, -0.15) is 0 Å². The van der Waals surface area contributed by atoms with Gasteiger partial charge in [0.1, 0.15) is 11.2 Å². The van der Waals surface area contributed by atoms with Gasteiger partial charge in [0.15, 0.2) is 0 Å². The Labute approximate surface area is 352 Å². The molecule has 12 rings (SSSR count). The van der Waals surface area contributed by atoms with Gasteiger partial charge < -0.3 is 13.6 Å². The van der Waals surface area contributed by atoms with Gasteiger partial charge in [-0.3, -0.25) is 0 Å². The summed E-state index contributed by atoms with van der Waals surface area (Å²) in [6, 6.07) is 62.7. The Hall–Kier alpha value is -6.62. The lowest BCUT2D eigenvalue weighted by Gasteiger charge is -2.32. The second-order valence-electron chi connectivity index (χ2n) is 18.0. The molecule has 0 bridgehead atoms. The Kier molecular flexibility index (Phi) is 7.62. The van der Waals surface area contributed by atoms with Crippen LogP contribution in [0.1, 0.15) is 51.7 Å². The molecule has 0 aliphatic carbocycles. The van der Waals surface area contributed by atoms with Crippen LogP contribution in [-0.2, 0) is 10.8 Å². The number of hydrogen-bond donors (Lipinski definition) is 0. The summed E-state index contributed by atoms with van der Waals surface area (Å²) < 4.78 is 14.0. The highest BCUT2D eigenvalue weighted by Gasteiger charge is 2.29. The van der Waals surface area contributed by atoms with Gasteiger partial charge in [-0.1, -0.05) is 113 Å². The van der Waals surface area contributed by atoms with Crippen molar-refractivity contribution in [2.45, 2.75) is 51.4 Å². The van der Waals surface area contributed by atoms with Gasteiger partial charge in [-0.05, 0) is 120 Å². The first-order valence-electron chi connectivity index (χ1n) is 21.1. The molecule has 4 heteroatoms. The van der Waals surface area contributed by atoms with Crippen molar-refractivity contribution >= 4 is 97.1 Å². The lowest BCUT2D eigenvalue weighted by molar-refractivity contribution is 0.375. The minimum atomic E-state index is -0.0515. The Bertz CT molecular complexity index is 3630. The standard InChI is InChI=1S/C56H44N2OS/c1-55(2,35-21-25-50-43(31-35)41-15-7-11-19-49(41)58(50)38-24-28-54-46(34-38)42-16-8-12-20-53(42)60-54)29-30-56(3,4)36-22-26-51-44(32-36)45-33-37(23-27-52(45)59-51)57-47-17-9-5-13-39(47)40-14-6-10-18-48(40)57/h5-28,31-34H,29-30H2,1-4H3. The van der Waals surface area contributed by atoms with Crippen molar-refractivity contribution in [2.24, 2.45) is 0 Å². The van der Waals surface area contributed by atoms with E-state index in [2.05, 4.69) is 207 Å². The van der Waals surface area contributed by atoms with E-state index in [1.807, 2.05) is 11.3 Å². The van der Waals surface area contributed by atoms with E-state index in [9.17, 15) is 0 Å².